The molecule has 0 aromatic carbocycles. The maximum absolute atomic E-state index is 12.6. The Morgan fingerprint density at radius 3 is 2.70 bits per heavy atom. The number of nitrogens with zero attached hydrogens (tertiary/aromatic N) is 7. The lowest BCUT2D eigenvalue weighted by Crippen LogP contribution is -2.56. The molecule has 8 nitrogen and oxygen atoms in total. The number of carbonyl (C=O) groups is 1. The third kappa shape index (κ3) is 2.42. The van der Waals surface area contributed by atoms with Crippen LogP contribution in [-0.2, 0) is 11.8 Å². The second-order valence-corrected chi connectivity index (χ2v) is 6.69. The van der Waals surface area contributed by atoms with Crippen LogP contribution in [0.5, 0.6) is 0 Å². The first-order chi connectivity index (χ1) is 11.1. The van der Waals surface area contributed by atoms with Crippen molar-refractivity contribution in [3.63, 3.8) is 0 Å². The molecule has 0 saturated carbocycles. The first kappa shape index (κ1) is 14.3. The van der Waals surface area contributed by atoms with Gasteiger partial charge in [-0.2, -0.15) is 0 Å². The van der Waals surface area contributed by atoms with Crippen molar-refractivity contribution < 1.29 is 4.79 Å². The van der Waals surface area contributed by atoms with E-state index in [1.54, 1.807) is 4.68 Å². The molecule has 0 unspecified atom stereocenters. The summed E-state index contributed by atoms with van der Waals surface area (Å²) in [6.45, 7) is 5.46. The van der Waals surface area contributed by atoms with Crippen LogP contribution >= 0.6 is 0 Å². The fourth-order valence-electron chi connectivity index (χ4n) is 3.37. The van der Waals surface area contributed by atoms with Gasteiger partial charge in [0.2, 0.25) is 5.91 Å². The van der Waals surface area contributed by atoms with Gasteiger partial charge in [0, 0.05) is 33.2 Å². The van der Waals surface area contributed by atoms with Crippen molar-refractivity contribution in [2.45, 2.75) is 19.8 Å². The summed E-state index contributed by atoms with van der Waals surface area (Å²) in [5.41, 5.74) is 1.42. The molecule has 2 aliphatic rings. The molecular weight excluding hydrogens is 294 g/mol. The highest BCUT2D eigenvalue weighted by atomic mass is 16.2. The number of aryl methyl sites for hydroxylation is 1. The molecule has 8 heteroatoms. The average molecular weight is 315 g/mol. The van der Waals surface area contributed by atoms with Crippen LogP contribution in [0.3, 0.4) is 0 Å². The van der Waals surface area contributed by atoms with Gasteiger partial charge in [0.15, 0.2) is 17.0 Å². The predicted molar refractivity (Wildman–Crippen MR) is 84.8 cm³/mol. The predicted octanol–water partition coefficient (Wildman–Crippen LogP) is 0.453. The summed E-state index contributed by atoms with van der Waals surface area (Å²) in [5.74, 6) is 1.88. The van der Waals surface area contributed by atoms with Crippen molar-refractivity contribution >= 4 is 22.9 Å². The first-order valence-corrected chi connectivity index (χ1v) is 8.17. The van der Waals surface area contributed by atoms with E-state index in [1.807, 2.05) is 11.9 Å². The second kappa shape index (κ2) is 5.43. The summed E-state index contributed by atoms with van der Waals surface area (Å²) in [4.78, 5) is 25.2. The molecular formula is C15H21N7O. The lowest BCUT2D eigenvalue weighted by molar-refractivity contribution is -0.137. The monoisotopic (exact) mass is 315 g/mol. The molecule has 2 aliphatic heterocycles. The van der Waals surface area contributed by atoms with E-state index in [1.165, 1.54) is 6.33 Å². The van der Waals surface area contributed by atoms with Crippen LogP contribution in [0.1, 0.15) is 19.8 Å². The zero-order chi connectivity index (χ0) is 16.0. The Labute approximate surface area is 134 Å². The highest BCUT2D eigenvalue weighted by Crippen LogP contribution is 2.29. The summed E-state index contributed by atoms with van der Waals surface area (Å²) < 4.78 is 1.64. The molecule has 2 aromatic rings. The van der Waals surface area contributed by atoms with Gasteiger partial charge >= 0.3 is 0 Å². The van der Waals surface area contributed by atoms with Gasteiger partial charge in [0.05, 0.1) is 5.92 Å². The minimum atomic E-state index is 0.0742. The summed E-state index contributed by atoms with van der Waals surface area (Å²) in [7, 11) is 1.81. The van der Waals surface area contributed by atoms with Crippen LogP contribution in [0.15, 0.2) is 6.33 Å². The van der Waals surface area contributed by atoms with Crippen molar-refractivity contribution in [1.29, 1.82) is 0 Å². The van der Waals surface area contributed by atoms with Crippen LogP contribution in [-0.4, -0.2) is 61.9 Å². The summed E-state index contributed by atoms with van der Waals surface area (Å²) in [6.07, 6.45) is 3.77. The van der Waals surface area contributed by atoms with Crippen LogP contribution in [0.2, 0.25) is 0 Å². The van der Waals surface area contributed by atoms with Gasteiger partial charge in [0.25, 0.3) is 0 Å². The Morgan fingerprint density at radius 2 is 1.96 bits per heavy atom. The number of aromatic nitrogens is 5. The molecule has 1 amide bonds. The Morgan fingerprint density at radius 1 is 1.22 bits per heavy atom. The molecule has 2 saturated heterocycles. The van der Waals surface area contributed by atoms with Gasteiger partial charge in [-0.15, -0.1) is 5.10 Å². The van der Waals surface area contributed by atoms with Gasteiger partial charge < -0.3 is 9.80 Å². The normalized spacial score (nSPS) is 20.1. The fourth-order valence-corrected chi connectivity index (χ4v) is 3.37. The number of fused-ring (bicyclic) bond motifs is 1. The smallest absolute Gasteiger partial charge is 0.229 e. The maximum Gasteiger partial charge on any atom is 0.229 e. The molecule has 2 aromatic heterocycles. The summed E-state index contributed by atoms with van der Waals surface area (Å²) in [5, 5.41) is 8.13. The Balaban J connectivity index is 1.43. The molecule has 0 N–H and O–H groups in total. The average Bonchev–Trinajstić information content (AvgIpc) is 2.89. The standard InChI is InChI=1S/C15H21N7O/c1-10-3-5-21(6-4-10)15(23)11-7-22(8-11)14-12-13(16-9-17-14)20(2)19-18-12/h9-11H,3-8H2,1-2H3. The molecule has 0 radical (unpaired) electrons. The lowest BCUT2D eigenvalue weighted by atomic mass is 9.94. The highest BCUT2D eigenvalue weighted by Gasteiger charge is 2.37. The number of hydrogen-bond acceptors (Lipinski definition) is 6. The zero-order valence-corrected chi connectivity index (χ0v) is 13.5. The van der Waals surface area contributed by atoms with E-state index >= 15 is 0 Å². The number of carbonyl (C=O) groups excluding carboxylic acids is 1. The van der Waals surface area contributed by atoms with E-state index < -0.39 is 0 Å². The van der Waals surface area contributed by atoms with Gasteiger partial charge in [0.1, 0.15) is 6.33 Å². The number of rotatable bonds is 2. The van der Waals surface area contributed by atoms with E-state index in [2.05, 4.69) is 32.1 Å². The van der Waals surface area contributed by atoms with Crippen molar-refractivity contribution in [2.75, 3.05) is 31.1 Å². The topological polar surface area (TPSA) is 80.0 Å². The van der Waals surface area contributed by atoms with E-state index in [0.717, 1.165) is 43.3 Å². The number of piperidine rings is 1. The largest absolute Gasteiger partial charge is 0.353 e. The molecule has 122 valence electrons. The minimum absolute atomic E-state index is 0.0742. The minimum Gasteiger partial charge on any atom is -0.353 e. The van der Waals surface area contributed by atoms with Gasteiger partial charge in [-0.3, -0.25) is 4.79 Å². The molecule has 4 rings (SSSR count). The molecule has 0 atom stereocenters. The molecule has 0 spiro atoms. The molecule has 0 aliphatic carbocycles. The summed E-state index contributed by atoms with van der Waals surface area (Å²) in [6, 6.07) is 0. The van der Waals surface area contributed by atoms with Crippen molar-refractivity contribution in [3.05, 3.63) is 6.33 Å². The summed E-state index contributed by atoms with van der Waals surface area (Å²) >= 11 is 0. The van der Waals surface area contributed by atoms with Crippen molar-refractivity contribution in [2.24, 2.45) is 18.9 Å². The highest BCUT2D eigenvalue weighted by molar-refractivity contribution is 5.86. The first-order valence-electron chi connectivity index (χ1n) is 8.17. The van der Waals surface area contributed by atoms with Crippen LogP contribution in [0.25, 0.3) is 11.2 Å². The van der Waals surface area contributed by atoms with E-state index in [-0.39, 0.29) is 11.8 Å². The van der Waals surface area contributed by atoms with E-state index in [4.69, 9.17) is 0 Å². The molecule has 4 heterocycles. The van der Waals surface area contributed by atoms with Crippen molar-refractivity contribution in [3.8, 4) is 0 Å². The SMILES string of the molecule is CC1CCN(C(=O)C2CN(c3ncnc4c3nnn4C)C2)CC1. The zero-order valence-electron chi connectivity index (χ0n) is 13.5. The van der Waals surface area contributed by atoms with Crippen molar-refractivity contribution in [1.82, 2.24) is 29.9 Å². The number of hydrogen-bond donors (Lipinski definition) is 0. The lowest BCUT2D eigenvalue weighted by Gasteiger charge is -2.42. The number of anilines is 1. The fraction of sp³-hybridized carbons (Fsp3) is 0.667. The third-order valence-electron chi connectivity index (χ3n) is 4.99. The Hall–Kier alpha value is -2.25. The number of amides is 1. The number of likely N-dealkylation sites (tertiary alicyclic amines) is 1. The maximum atomic E-state index is 12.6. The Bertz CT molecular complexity index is 729. The molecule has 2 fully saturated rings. The van der Waals surface area contributed by atoms with Gasteiger partial charge in [-0.05, 0) is 18.8 Å². The van der Waals surface area contributed by atoms with Gasteiger partial charge in [-0.25, -0.2) is 14.6 Å². The molecule has 23 heavy (non-hydrogen) atoms. The molecule has 0 bridgehead atoms. The Kier molecular flexibility index (Phi) is 3.39. The third-order valence-corrected chi connectivity index (χ3v) is 4.99. The second-order valence-electron chi connectivity index (χ2n) is 6.69. The van der Waals surface area contributed by atoms with Crippen LogP contribution < -0.4 is 4.90 Å². The van der Waals surface area contributed by atoms with Crippen LogP contribution in [0.4, 0.5) is 5.82 Å². The quantitative estimate of drug-likeness (QED) is 0.800. The van der Waals surface area contributed by atoms with E-state index in [9.17, 15) is 4.79 Å². The van der Waals surface area contributed by atoms with E-state index in [0.29, 0.717) is 18.6 Å². The van der Waals surface area contributed by atoms with Gasteiger partial charge in [-0.1, -0.05) is 12.1 Å². The van der Waals surface area contributed by atoms with Crippen LogP contribution in [0, 0.1) is 11.8 Å².